The molecule has 0 N–H and O–H groups in total. The quantitative estimate of drug-likeness (QED) is 0.820. The second-order valence-corrected chi connectivity index (χ2v) is 6.55. The molecule has 102 valence electrons. The van der Waals surface area contributed by atoms with E-state index < -0.39 is 0 Å². The smallest absolute Gasteiger partial charge is 0.0524 e. The van der Waals surface area contributed by atoms with Crippen molar-refractivity contribution < 1.29 is 0 Å². The van der Waals surface area contributed by atoms with Gasteiger partial charge in [-0.1, -0.05) is 20.8 Å². The molecule has 1 aliphatic heterocycles. The molecule has 1 aliphatic rings. The molecule has 3 nitrogen and oxygen atoms in total. The Bertz CT molecular complexity index is 367. The molecule has 0 bridgehead atoms. The molecule has 3 heteroatoms. The zero-order chi connectivity index (χ0) is 13.2. The highest BCUT2D eigenvalue weighted by Crippen LogP contribution is 2.34. The van der Waals surface area contributed by atoms with Crippen molar-refractivity contribution in [2.75, 3.05) is 13.1 Å². The second kappa shape index (κ2) is 5.43. The maximum absolute atomic E-state index is 4.34. The van der Waals surface area contributed by atoms with Gasteiger partial charge >= 0.3 is 0 Å². The molecule has 0 aliphatic carbocycles. The van der Waals surface area contributed by atoms with Gasteiger partial charge in [0, 0.05) is 19.3 Å². The van der Waals surface area contributed by atoms with Crippen LogP contribution in [0.3, 0.4) is 0 Å². The Balaban J connectivity index is 1.87. The highest BCUT2D eigenvalue weighted by atomic mass is 15.3. The lowest BCUT2D eigenvalue weighted by atomic mass is 9.75. The number of piperidine rings is 1. The largest absolute Gasteiger partial charge is 0.298 e. The Kier molecular flexibility index (Phi) is 4.10. The molecule has 0 aromatic carbocycles. The fourth-order valence-electron chi connectivity index (χ4n) is 2.97. The van der Waals surface area contributed by atoms with Crippen LogP contribution < -0.4 is 0 Å². The van der Waals surface area contributed by atoms with Crippen LogP contribution >= 0.6 is 0 Å². The van der Waals surface area contributed by atoms with E-state index in [0.29, 0.717) is 5.41 Å². The molecule has 18 heavy (non-hydrogen) atoms. The molecule has 0 amide bonds. The fourth-order valence-corrected chi connectivity index (χ4v) is 2.97. The first kappa shape index (κ1) is 13.6. The molecule has 1 aromatic heterocycles. The molecule has 0 radical (unpaired) electrons. The van der Waals surface area contributed by atoms with Crippen LogP contribution in [0.25, 0.3) is 0 Å². The first-order valence-corrected chi connectivity index (χ1v) is 7.23. The summed E-state index contributed by atoms with van der Waals surface area (Å²) in [6.45, 7) is 13.8. The van der Waals surface area contributed by atoms with Gasteiger partial charge in [0.1, 0.15) is 0 Å². The van der Waals surface area contributed by atoms with Crippen molar-refractivity contribution in [1.29, 1.82) is 0 Å². The van der Waals surface area contributed by atoms with E-state index in [9.17, 15) is 0 Å². The van der Waals surface area contributed by atoms with E-state index in [2.05, 4.69) is 48.4 Å². The van der Waals surface area contributed by atoms with Crippen LogP contribution in [0.2, 0.25) is 0 Å². The maximum Gasteiger partial charge on any atom is 0.0524 e. The minimum atomic E-state index is 0.470. The molecule has 0 spiro atoms. The van der Waals surface area contributed by atoms with Gasteiger partial charge in [-0.3, -0.25) is 9.58 Å². The maximum atomic E-state index is 4.34. The Hall–Kier alpha value is -0.830. The monoisotopic (exact) mass is 249 g/mol. The third-order valence-corrected chi connectivity index (χ3v) is 4.30. The first-order valence-electron chi connectivity index (χ1n) is 7.23. The van der Waals surface area contributed by atoms with Crippen LogP contribution in [0.4, 0.5) is 0 Å². The van der Waals surface area contributed by atoms with E-state index in [4.69, 9.17) is 0 Å². The minimum Gasteiger partial charge on any atom is -0.298 e. The summed E-state index contributed by atoms with van der Waals surface area (Å²) >= 11 is 0. The van der Waals surface area contributed by atoms with Crippen molar-refractivity contribution in [2.45, 2.75) is 53.6 Å². The Morgan fingerprint density at radius 1 is 1.28 bits per heavy atom. The zero-order valence-electron chi connectivity index (χ0n) is 12.3. The van der Waals surface area contributed by atoms with Gasteiger partial charge < -0.3 is 0 Å². The number of rotatable bonds is 3. The molecular formula is C15H27N3. The third-order valence-electron chi connectivity index (χ3n) is 4.30. The van der Waals surface area contributed by atoms with Gasteiger partial charge in [-0.15, -0.1) is 0 Å². The molecular weight excluding hydrogens is 222 g/mol. The fraction of sp³-hybridized carbons (Fsp3) is 0.800. The van der Waals surface area contributed by atoms with Crippen molar-refractivity contribution in [3.8, 4) is 0 Å². The molecule has 1 fully saturated rings. The Morgan fingerprint density at radius 2 is 1.94 bits per heavy atom. The summed E-state index contributed by atoms with van der Waals surface area (Å²) in [4.78, 5) is 2.57. The van der Waals surface area contributed by atoms with Crippen LogP contribution in [-0.4, -0.2) is 27.8 Å². The van der Waals surface area contributed by atoms with E-state index in [1.807, 2.05) is 6.20 Å². The molecule has 1 aromatic rings. The van der Waals surface area contributed by atoms with Gasteiger partial charge in [-0.2, -0.15) is 5.10 Å². The summed E-state index contributed by atoms with van der Waals surface area (Å²) in [5.74, 6) is 0.879. The summed E-state index contributed by atoms with van der Waals surface area (Å²) in [6.07, 6.45) is 4.59. The highest BCUT2D eigenvalue weighted by Gasteiger charge is 2.28. The van der Waals surface area contributed by atoms with Crippen LogP contribution in [0.5, 0.6) is 0 Å². The first-order chi connectivity index (χ1) is 8.50. The predicted octanol–water partition coefficient (Wildman–Crippen LogP) is 3.16. The van der Waals surface area contributed by atoms with E-state index in [1.54, 1.807) is 0 Å². The molecule has 0 saturated carbocycles. The standard InChI is InChI=1S/C15H27N3/c1-5-18-14(6-9-16-18)12-17-10-7-13(8-11-17)15(2,3)4/h6,9,13H,5,7-8,10-12H2,1-4H3. The Morgan fingerprint density at radius 3 is 2.50 bits per heavy atom. The van der Waals surface area contributed by atoms with E-state index in [1.165, 1.54) is 31.6 Å². The van der Waals surface area contributed by atoms with Gasteiger partial charge in [0.15, 0.2) is 0 Å². The van der Waals surface area contributed by atoms with Crippen LogP contribution in [-0.2, 0) is 13.1 Å². The number of hydrogen-bond acceptors (Lipinski definition) is 2. The van der Waals surface area contributed by atoms with Gasteiger partial charge in [-0.05, 0) is 50.3 Å². The van der Waals surface area contributed by atoms with Crippen molar-refractivity contribution >= 4 is 0 Å². The van der Waals surface area contributed by atoms with Crippen molar-refractivity contribution in [2.24, 2.45) is 11.3 Å². The minimum absolute atomic E-state index is 0.470. The molecule has 2 rings (SSSR count). The summed E-state index contributed by atoms with van der Waals surface area (Å²) in [5.41, 5.74) is 1.82. The SMILES string of the molecule is CCn1nccc1CN1CCC(C(C)(C)C)CC1. The van der Waals surface area contributed by atoms with Crippen molar-refractivity contribution in [3.63, 3.8) is 0 Å². The number of hydrogen-bond donors (Lipinski definition) is 0. The van der Waals surface area contributed by atoms with Crippen LogP contribution in [0.1, 0.15) is 46.2 Å². The third kappa shape index (κ3) is 3.14. The van der Waals surface area contributed by atoms with E-state index >= 15 is 0 Å². The van der Waals surface area contributed by atoms with E-state index in [0.717, 1.165) is 19.0 Å². The number of aryl methyl sites for hydroxylation is 1. The van der Waals surface area contributed by atoms with Gasteiger partial charge in [0.2, 0.25) is 0 Å². The normalized spacial score (nSPS) is 19.3. The van der Waals surface area contributed by atoms with Crippen molar-refractivity contribution in [3.05, 3.63) is 18.0 Å². The summed E-state index contributed by atoms with van der Waals surface area (Å²) < 4.78 is 2.11. The lowest BCUT2D eigenvalue weighted by Gasteiger charge is -2.38. The van der Waals surface area contributed by atoms with Crippen LogP contribution in [0.15, 0.2) is 12.3 Å². The van der Waals surface area contributed by atoms with Gasteiger partial charge in [0.25, 0.3) is 0 Å². The lowest BCUT2D eigenvalue weighted by molar-refractivity contribution is 0.106. The lowest BCUT2D eigenvalue weighted by Crippen LogP contribution is -2.37. The van der Waals surface area contributed by atoms with Gasteiger partial charge in [-0.25, -0.2) is 0 Å². The average molecular weight is 249 g/mol. The average Bonchev–Trinajstić information content (AvgIpc) is 2.76. The number of nitrogens with zero attached hydrogens (tertiary/aromatic N) is 3. The molecule has 1 saturated heterocycles. The second-order valence-electron chi connectivity index (χ2n) is 6.55. The summed E-state index contributed by atoms with van der Waals surface area (Å²) in [7, 11) is 0. The summed E-state index contributed by atoms with van der Waals surface area (Å²) in [5, 5.41) is 4.34. The zero-order valence-corrected chi connectivity index (χ0v) is 12.3. The number of aromatic nitrogens is 2. The predicted molar refractivity (Wildman–Crippen MR) is 75.4 cm³/mol. The molecule has 2 heterocycles. The van der Waals surface area contributed by atoms with E-state index in [-0.39, 0.29) is 0 Å². The molecule has 0 unspecified atom stereocenters. The summed E-state index contributed by atoms with van der Waals surface area (Å²) in [6, 6.07) is 2.15. The van der Waals surface area contributed by atoms with Crippen LogP contribution in [0, 0.1) is 11.3 Å². The van der Waals surface area contributed by atoms with Crippen molar-refractivity contribution in [1.82, 2.24) is 14.7 Å². The molecule has 0 atom stereocenters. The topological polar surface area (TPSA) is 21.1 Å². The Labute approximate surface area is 111 Å². The van der Waals surface area contributed by atoms with Gasteiger partial charge in [0.05, 0.1) is 5.69 Å². The highest BCUT2D eigenvalue weighted by molar-refractivity contribution is 5.00. The number of likely N-dealkylation sites (tertiary alicyclic amines) is 1.